The lowest BCUT2D eigenvalue weighted by Gasteiger charge is -2.08. The van der Waals surface area contributed by atoms with E-state index in [1.165, 1.54) is 5.56 Å². The third-order valence-corrected chi connectivity index (χ3v) is 2.66. The van der Waals surface area contributed by atoms with Crippen LogP contribution in [-0.2, 0) is 0 Å². The number of benzene rings is 1. The summed E-state index contributed by atoms with van der Waals surface area (Å²) in [6, 6.07) is 11.2. The van der Waals surface area contributed by atoms with Crippen LogP contribution >= 0.6 is 0 Å². The Morgan fingerprint density at radius 1 is 1.21 bits per heavy atom. The first-order chi connectivity index (χ1) is 6.90. The van der Waals surface area contributed by atoms with E-state index in [9.17, 15) is 0 Å². The quantitative estimate of drug-likeness (QED) is 0.669. The zero-order chi connectivity index (χ0) is 9.80. The molecule has 1 fully saturated rings. The third kappa shape index (κ3) is 2.12. The fraction of sp³-hybridized carbons (Fsp3) is 0.455. The molecule has 0 aromatic heterocycles. The summed E-state index contributed by atoms with van der Waals surface area (Å²) >= 11 is 0. The van der Waals surface area contributed by atoms with Gasteiger partial charge >= 0.3 is 0 Å². The van der Waals surface area contributed by atoms with Crippen molar-refractivity contribution in [2.75, 3.05) is 6.61 Å². The average molecular weight is 192 g/mol. The van der Waals surface area contributed by atoms with Gasteiger partial charge in [-0.15, -0.1) is 0 Å². The van der Waals surface area contributed by atoms with Crippen molar-refractivity contribution in [1.82, 2.24) is 10.9 Å². The number of rotatable bonds is 3. The molecule has 76 valence electrons. The van der Waals surface area contributed by atoms with Crippen molar-refractivity contribution in [1.29, 1.82) is 0 Å². The standard InChI is InChI=1S/C11H16N2O/c14-7-6-10-8-11(13-12-10)9-4-2-1-3-5-9/h1-5,10-14H,6-8H2. The van der Waals surface area contributed by atoms with Gasteiger partial charge in [0.2, 0.25) is 0 Å². The summed E-state index contributed by atoms with van der Waals surface area (Å²) in [4.78, 5) is 0. The Morgan fingerprint density at radius 3 is 2.71 bits per heavy atom. The van der Waals surface area contributed by atoms with E-state index < -0.39 is 0 Å². The summed E-state index contributed by atoms with van der Waals surface area (Å²) in [6.45, 7) is 0.251. The van der Waals surface area contributed by atoms with Crippen molar-refractivity contribution in [3.63, 3.8) is 0 Å². The molecular weight excluding hydrogens is 176 g/mol. The summed E-state index contributed by atoms with van der Waals surface area (Å²) < 4.78 is 0. The summed E-state index contributed by atoms with van der Waals surface area (Å²) in [7, 11) is 0. The van der Waals surface area contributed by atoms with E-state index in [4.69, 9.17) is 5.11 Å². The smallest absolute Gasteiger partial charge is 0.0477 e. The van der Waals surface area contributed by atoms with Crippen LogP contribution in [0.4, 0.5) is 0 Å². The van der Waals surface area contributed by atoms with Gasteiger partial charge in [0.25, 0.3) is 0 Å². The summed E-state index contributed by atoms with van der Waals surface area (Å²) in [5, 5.41) is 8.82. The van der Waals surface area contributed by atoms with Crippen molar-refractivity contribution in [2.24, 2.45) is 0 Å². The lowest BCUT2D eigenvalue weighted by Crippen LogP contribution is -2.31. The van der Waals surface area contributed by atoms with Crippen LogP contribution < -0.4 is 10.9 Å². The first-order valence-corrected chi connectivity index (χ1v) is 5.07. The van der Waals surface area contributed by atoms with E-state index in [0.29, 0.717) is 12.1 Å². The maximum absolute atomic E-state index is 8.82. The highest BCUT2D eigenvalue weighted by Crippen LogP contribution is 2.22. The van der Waals surface area contributed by atoms with Crippen LogP contribution in [0.5, 0.6) is 0 Å². The van der Waals surface area contributed by atoms with E-state index in [1.807, 2.05) is 6.07 Å². The van der Waals surface area contributed by atoms with E-state index in [-0.39, 0.29) is 6.61 Å². The Kier molecular flexibility index (Phi) is 3.14. The van der Waals surface area contributed by atoms with Gasteiger partial charge in [-0.05, 0) is 18.4 Å². The number of aliphatic hydroxyl groups excluding tert-OH is 1. The van der Waals surface area contributed by atoms with Crippen LogP contribution in [0.2, 0.25) is 0 Å². The molecule has 3 N–H and O–H groups in total. The van der Waals surface area contributed by atoms with Crippen molar-refractivity contribution in [3.8, 4) is 0 Å². The van der Waals surface area contributed by atoms with Crippen LogP contribution in [0.15, 0.2) is 30.3 Å². The highest BCUT2D eigenvalue weighted by Gasteiger charge is 2.23. The van der Waals surface area contributed by atoms with Gasteiger partial charge in [-0.25, -0.2) is 0 Å². The van der Waals surface area contributed by atoms with Gasteiger partial charge in [0.05, 0.1) is 0 Å². The zero-order valence-corrected chi connectivity index (χ0v) is 8.11. The number of hydrogen-bond acceptors (Lipinski definition) is 3. The minimum Gasteiger partial charge on any atom is -0.396 e. The highest BCUT2D eigenvalue weighted by atomic mass is 16.3. The van der Waals surface area contributed by atoms with E-state index in [1.54, 1.807) is 0 Å². The third-order valence-electron chi connectivity index (χ3n) is 2.66. The molecule has 1 aromatic rings. The van der Waals surface area contributed by atoms with Gasteiger partial charge in [-0.2, -0.15) is 0 Å². The second-order valence-electron chi connectivity index (χ2n) is 3.70. The van der Waals surface area contributed by atoms with Gasteiger partial charge in [-0.3, -0.25) is 10.9 Å². The molecule has 2 unspecified atom stereocenters. The summed E-state index contributed by atoms with van der Waals surface area (Å²) in [5.41, 5.74) is 7.75. The topological polar surface area (TPSA) is 44.3 Å². The van der Waals surface area contributed by atoms with Crippen molar-refractivity contribution in [2.45, 2.75) is 24.9 Å². The molecule has 14 heavy (non-hydrogen) atoms. The van der Waals surface area contributed by atoms with E-state index in [2.05, 4.69) is 35.1 Å². The van der Waals surface area contributed by atoms with Gasteiger partial charge in [0, 0.05) is 18.7 Å². The molecule has 2 atom stereocenters. The Balaban J connectivity index is 1.96. The van der Waals surface area contributed by atoms with E-state index in [0.717, 1.165) is 12.8 Å². The Bertz CT molecular complexity index is 276. The van der Waals surface area contributed by atoms with Crippen LogP contribution in [0.25, 0.3) is 0 Å². The summed E-state index contributed by atoms with van der Waals surface area (Å²) in [6.07, 6.45) is 1.86. The normalized spacial score (nSPS) is 26.6. The predicted octanol–water partition coefficient (Wildman–Crippen LogP) is 0.977. The molecule has 0 bridgehead atoms. The number of nitrogens with one attached hydrogen (secondary N) is 2. The largest absolute Gasteiger partial charge is 0.396 e. The molecule has 1 saturated heterocycles. The van der Waals surface area contributed by atoms with Crippen LogP contribution in [0.3, 0.4) is 0 Å². The molecule has 1 aliphatic heterocycles. The zero-order valence-electron chi connectivity index (χ0n) is 8.11. The van der Waals surface area contributed by atoms with Crippen LogP contribution in [-0.4, -0.2) is 17.8 Å². The maximum atomic E-state index is 8.82. The van der Waals surface area contributed by atoms with Crippen molar-refractivity contribution in [3.05, 3.63) is 35.9 Å². The van der Waals surface area contributed by atoms with Crippen molar-refractivity contribution >= 4 is 0 Å². The SMILES string of the molecule is OCCC1CC(c2ccccc2)NN1. The number of aliphatic hydroxyl groups is 1. The van der Waals surface area contributed by atoms with Gasteiger partial charge in [-0.1, -0.05) is 30.3 Å². The predicted molar refractivity (Wildman–Crippen MR) is 55.6 cm³/mol. The number of hydrogen-bond donors (Lipinski definition) is 3. The van der Waals surface area contributed by atoms with E-state index >= 15 is 0 Å². The molecule has 2 rings (SSSR count). The first-order valence-electron chi connectivity index (χ1n) is 5.07. The minimum absolute atomic E-state index is 0.251. The molecule has 1 aliphatic rings. The van der Waals surface area contributed by atoms with Gasteiger partial charge in [0.15, 0.2) is 0 Å². The molecule has 1 heterocycles. The molecule has 0 amide bonds. The van der Waals surface area contributed by atoms with Gasteiger partial charge in [0.1, 0.15) is 0 Å². The molecular formula is C11H16N2O. The Hall–Kier alpha value is -0.900. The first kappa shape index (κ1) is 9.65. The second kappa shape index (κ2) is 4.55. The fourth-order valence-corrected chi connectivity index (χ4v) is 1.87. The number of hydrazine groups is 1. The van der Waals surface area contributed by atoms with Crippen LogP contribution in [0.1, 0.15) is 24.4 Å². The lowest BCUT2D eigenvalue weighted by molar-refractivity contribution is 0.268. The monoisotopic (exact) mass is 192 g/mol. The fourth-order valence-electron chi connectivity index (χ4n) is 1.87. The Labute approximate surface area is 84.1 Å². The van der Waals surface area contributed by atoms with Crippen molar-refractivity contribution < 1.29 is 5.11 Å². The summed E-state index contributed by atoms with van der Waals surface area (Å²) in [5.74, 6) is 0. The Morgan fingerprint density at radius 2 is 2.00 bits per heavy atom. The molecule has 0 aliphatic carbocycles. The average Bonchev–Trinajstić information content (AvgIpc) is 2.68. The highest BCUT2D eigenvalue weighted by molar-refractivity contribution is 5.19. The van der Waals surface area contributed by atoms with Crippen LogP contribution in [0, 0.1) is 0 Å². The van der Waals surface area contributed by atoms with Gasteiger partial charge < -0.3 is 5.11 Å². The molecule has 1 aromatic carbocycles. The minimum atomic E-state index is 0.251. The molecule has 3 heteroatoms. The molecule has 0 radical (unpaired) electrons. The molecule has 0 spiro atoms. The molecule has 3 nitrogen and oxygen atoms in total. The lowest BCUT2D eigenvalue weighted by atomic mass is 10.0. The molecule has 0 saturated carbocycles. The second-order valence-corrected chi connectivity index (χ2v) is 3.70. The maximum Gasteiger partial charge on any atom is 0.0477 e.